The van der Waals surface area contributed by atoms with Crippen molar-refractivity contribution in [3.63, 3.8) is 0 Å². The summed E-state index contributed by atoms with van der Waals surface area (Å²) in [5, 5.41) is 5.26. The van der Waals surface area contributed by atoms with Gasteiger partial charge in [0.1, 0.15) is 10.3 Å². The van der Waals surface area contributed by atoms with Crippen molar-refractivity contribution in [3.05, 3.63) is 57.8 Å². The van der Waals surface area contributed by atoms with E-state index in [-0.39, 0.29) is 16.9 Å². The molecule has 8 heteroatoms. The molecule has 0 bridgehead atoms. The number of amides is 2. The van der Waals surface area contributed by atoms with Crippen molar-refractivity contribution in [2.45, 2.75) is 6.54 Å². The molecule has 21 heavy (non-hydrogen) atoms. The molecule has 0 aliphatic heterocycles. The Morgan fingerprint density at radius 3 is 2.38 bits per heavy atom. The summed E-state index contributed by atoms with van der Waals surface area (Å²) < 4.78 is 25.8. The molecule has 0 radical (unpaired) electrons. The number of urea groups is 1. The van der Waals surface area contributed by atoms with Crippen molar-refractivity contribution in [1.82, 2.24) is 10.3 Å². The summed E-state index contributed by atoms with van der Waals surface area (Å²) in [4.78, 5) is 15.4. The van der Waals surface area contributed by atoms with Gasteiger partial charge in [0, 0.05) is 12.2 Å². The number of carbonyl (C=O) groups excluding carboxylic acids is 1. The molecule has 0 aliphatic rings. The number of nitrogens with zero attached hydrogens (tertiary/aromatic N) is 1. The minimum Gasteiger partial charge on any atom is -0.334 e. The first-order valence-electron chi connectivity index (χ1n) is 5.76. The average Bonchev–Trinajstić information content (AvgIpc) is 2.39. The highest BCUT2D eigenvalue weighted by molar-refractivity contribution is 6.32. The molecule has 1 aromatic heterocycles. The maximum atomic E-state index is 13.0. The molecule has 0 unspecified atom stereocenters. The fourth-order valence-corrected chi connectivity index (χ4v) is 2.00. The highest BCUT2D eigenvalue weighted by Gasteiger charge is 2.06. The Kier molecular flexibility index (Phi) is 4.93. The number of anilines is 1. The van der Waals surface area contributed by atoms with Gasteiger partial charge in [-0.2, -0.15) is 0 Å². The minimum atomic E-state index is -0.970. The fourth-order valence-electron chi connectivity index (χ4n) is 1.54. The number of benzene rings is 1. The van der Waals surface area contributed by atoms with Gasteiger partial charge in [-0.3, -0.25) is 0 Å². The molecule has 2 rings (SSSR count). The van der Waals surface area contributed by atoms with Crippen LogP contribution in [-0.4, -0.2) is 11.0 Å². The first kappa shape index (κ1) is 15.5. The van der Waals surface area contributed by atoms with Gasteiger partial charge in [-0.25, -0.2) is 18.6 Å². The third-order valence-electron chi connectivity index (χ3n) is 2.46. The van der Waals surface area contributed by atoms with Crippen LogP contribution in [0.15, 0.2) is 30.3 Å². The lowest BCUT2D eigenvalue weighted by Gasteiger charge is -2.08. The number of aromatic nitrogens is 1. The highest BCUT2D eigenvalue weighted by atomic mass is 35.5. The van der Waals surface area contributed by atoms with Gasteiger partial charge >= 0.3 is 6.03 Å². The van der Waals surface area contributed by atoms with E-state index in [1.165, 1.54) is 18.2 Å². The summed E-state index contributed by atoms with van der Waals surface area (Å²) in [5.41, 5.74) is 0.789. The summed E-state index contributed by atoms with van der Waals surface area (Å²) >= 11 is 11.4. The van der Waals surface area contributed by atoms with Gasteiger partial charge in [0.2, 0.25) is 0 Å². The number of nitrogens with one attached hydrogen (secondary N) is 2. The molecule has 2 aromatic rings. The SMILES string of the molecule is O=C(NCc1ccc(F)c(F)c1)Nc1cc(Cl)nc(Cl)c1. The van der Waals surface area contributed by atoms with Gasteiger partial charge in [0.15, 0.2) is 11.6 Å². The highest BCUT2D eigenvalue weighted by Crippen LogP contribution is 2.18. The van der Waals surface area contributed by atoms with Gasteiger partial charge in [0.05, 0.1) is 0 Å². The number of carbonyl (C=O) groups is 1. The Bertz CT molecular complexity index is 662. The largest absolute Gasteiger partial charge is 0.334 e. The summed E-state index contributed by atoms with van der Waals surface area (Å²) in [6, 6.07) is 5.68. The maximum Gasteiger partial charge on any atom is 0.319 e. The Hall–Kier alpha value is -1.92. The molecule has 4 nitrogen and oxygen atoms in total. The summed E-state index contributed by atoms with van der Waals surface area (Å²) in [7, 11) is 0. The zero-order valence-electron chi connectivity index (χ0n) is 10.5. The lowest BCUT2D eigenvalue weighted by molar-refractivity contribution is 0.251. The van der Waals surface area contributed by atoms with Gasteiger partial charge in [-0.15, -0.1) is 0 Å². The summed E-state index contributed by atoms with van der Waals surface area (Å²) in [6.45, 7) is 0.0373. The van der Waals surface area contributed by atoms with Gasteiger partial charge in [-0.1, -0.05) is 29.3 Å². The van der Waals surface area contributed by atoms with Crippen LogP contribution in [0.4, 0.5) is 19.3 Å². The monoisotopic (exact) mass is 331 g/mol. The van der Waals surface area contributed by atoms with E-state index in [9.17, 15) is 13.6 Å². The Morgan fingerprint density at radius 1 is 1.10 bits per heavy atom. The van der Waals surface area contributed by atoms with E-state index in [1.807, 2.05) is 0 Å². The zero-order chi connectivity index (χ0) is 15.4. The molecule has 0 fully saturated rings. The summed E-state index contributed by atoms with van der Waals surface area (Å²) in [5.74, 6) is -1.91. The molecule has 1 heterocycles. The molecule has 0 spiro atoms. The number of pyridine rings is 1. The normalized spacial score (nSPS) is 10.3. The number of hydrogen-bond acceptors (Lipinski definition) is 2. The van der Waals surface area contributed by atoms with Crippen molar-refractivity contribution < 1.29 is 13.6 Å². The average molecular weight is 332 g/mol. The van der Waals surface area contributed by atoms with Gasteiger partial charge < -0.3 is 10.6 Å². The molecule has 2 N–H and O–H groups in total. The standard InChI is InChI=1S/C13H9Cl2F2N3O/c14-11-4-8(5-12(15)20-11)19-13(21)18-6-7-1-2-9(16)10(17)3-7/h1-5H,6H2,(H2,18,19,20,21). The van der Waals surface area contributed by atoms with Crippen LogP contribution < -0.4 is 10.6 Å². The van der Waals surface area contributed by atoms with Gasteiger partial charge in [0.25, 0.3) is 0 Å². The van der Waals surface area contributed by atoms with Crippen molar-refractivity contribution >= 4 is 34.9 Å². The first-order valence-corrected chi connectivity index (χ1v) is 6.51. The Balaban J connectivity index is 1.94. The van der Waals surface area contributed by atoms with Crippen molar-refractivity contribution in [3.8, 4) is 0 Å². The maximum absolute atomic E-state index is 13.0. The number of hydrogen-bond donors (Lipinski definition) is 2. The summed E-state index contributed by atoms with van der Waals surface area (Å²) in [6.07, 6.45) is 0. The minimum absolute atomic E-state index is 0.0373. The smallest absolute Gasteiger partial charge is 0.319 e. The number of rotatable bonds is 3. The van der Waals surface area contributed by atoms with E-state index < -0.39 is 17.7 Å². The van der Waals surface area contributed by atoms with Crippen LogP contribution in [0.25, 0.3) is 0 Å². The molecule has 2 amide bonds. The molecule has 1 aromatic carbocycles. The molecule has 0 atom stereocenters. The Labute approximate surface area is 129 Å². The van der Waals surface area contributed by atoms with Crippen LogP contribution in [0.3, 0.4) is 0 Å². The lowest BCUT2D eigenvalue weighted by atomic mass is 10.2. The van der Waals surface area contributed by atoms with Crippen LogP contribution >= 0.6 is 23.2 Å². The quantitative estimate of drug-likeness (QED) is 0.835. The molecule has 0 aliphatic carbocycles. The lowest BCUT2D eigenvalue weighted by Crippen LogP contribution is -2.28. The van der Waals surface area contributed by atoms with E-state index in [2.05, 4.69) is 15.6 Å². The van der Waals surface area contributed by atoms with Gasteiger partial charge in [-0.05, 0) is 29.8 Å². The van der Waals surface area contributed by atoms with Crippen LogP contribution in [0.2, 0.25) is 10.3 Å². The topological polar surface area (TPSA) is 54.0 Å². The molecule has 0 saturated heterocycles. The van der Waals surface area contributed by atoms with Crippen LogP contribution in [0.5, 0.6) is 0 Å². The van der Waals surface area contributed by atoms with Crippen molar-refractivity contribution in [2.24, 2.45) is 0 Å². The van der Waals surface area contributed by atoms with Crippen LogP contribution in [0, 0.1) is 11.6 Å². The van der Waals surface area contributed by atoms with Crippen molar-refractivity contribution in [1.29, 1.82) is 0 Å². The second-order valence-electron chi connectivity index (χ2n) is 4.06. The second-order valence-corrected chi connectivity index (χ2v) is 4.83. The zero-order valence-corrected chi connectivity index (χ0v) is 12.0. The second kappa shape index (κ2) is 6.69. The predicted octanol–water partition coefficient (Wildman–Crippen LogP) is 3.99. The van der Waals surface area contributed by atoms with E-state index >= 15 is 0 Å². The third-order valence-corrected chi connectivity index (χ3v) is 2.85. The molecule has 110 valence electrons. The number of halogens is 4. The van der Waals surface area contributed by atoms with E-state index in [1.54, 1.807) is 0 Å². The van der Waals surface area contributed by atoms with E-state index in [0.29, 0.717) is 11.3 Å². The molecular formula is C13H9Cl2F2N3O. The van der Waals surface area contributed by atoms with Crippen molar-refractivity contribution in [2.75, 3.05) is 5.32 Å². The molecular weight excluding hydrogens is 323 g/mol. The van der Waals surface area contributed by atoms with Crippen LogP contribution in [0.1, 0.15) is 5.56 Å². The Morgan fingerprint density at radius 2 is 1.76 bits per heavy atom. The van der Waals surface area contributed by atoms with E-state index in [0.717, 1.165) is 12.1 Å². The fraction of sp³-hybridized carbons (Fsp3) is 0.0769. The molecule has 0 saturated carbocycles. The third kappa shape index (κ3) is 4.54. The van der Waals surface area contributed by atoms with Crippen LogP contribution in [-0.2, 0) is 6.54 Å². The van der Waals surface area contributed by atoms with E-state index in [4.69, 9.17) is 23.2 Å². The predicted molar refractivity (Wildman–Crippen MR) is 76.5 cm³/mol. The first-order chi connectivity index (χ1) is 9.94.